The lowest BCUT2D eigenvalue weighted by molar-refractivity contribution is 0.0698. The Morgan fingerprint density at radius 2 is 1.95 bits per heavy atom. The van der Waals surface area contributed by atoms with E-state index in [1.807, 2.05) is 0 Å². The molecule has 0 atom stereocenters. The molecule has 6 nitrogen and oxygen atoms in total. The summed E-state index contributed by atoms with van der Waals surface area (Å²) in [5.74, 6) is -1.79. The summed E-state index contributed by atoms with van der Waals surface area (Å²) in [7, 11) is 0. The van der Waals surface area contributed by atoms with Crippen molar-refractivity contribution in [1.82, 2.24) is 9.97 Å². The molecule has 1 amide bonds. The predicted octanol–water partition coefficient (Wildman–Crippen LogP) is 3.61. The van der Waals surface area contributed by atoms with Crippen LogP contribution in [0.3, 0.4) is 0 Å². The van der Waals surface area contributed by atoms with Gasteiger partial charge in [0.15, 0.2) is 0 Å². The Bertz CT molecular complexity index is 740. The quantitative estimate of drug-likeness (QED) is 0.769. The average molecular weight is 435 g/mol. The van der Waals surface area contributed by atoms with Crippen LogP contribution < -0.4 is 5.32 Å². The molecule has 0 unspecified atom stereocenters. The number of aromatic nitrogens is 2. The lowest BCUT2D eigenvalue weighted by Crippen LogP contribution is -2.17. The fourth-order valence-corrected chi connectivity index (χ4v) is 2.97. The van der Waals surface area contributed by atoms with E-state index in [0.717, 1.165) is 0 Å². The number of carbonyl (C=O) groups excluding carboxylic acids is 1. The summed E-state index contributed by atoms with van der Waals surface area (Å²) in [5, 5.41) is 11.7. The zero-order valence-corrected chi connectivity index (χ0v) is 14.0. The smallest absolute Gasteiger partial charge is 0.337 e. The van der Waals surface area contributed by atoms with Crippen LogP contribution in [-0.4, -0.2) is 27.0 Å². The molecule has 0 saturated heterocycles. The number of aromatic carboxylic acids is 1. The van der Waals surface area contributed by atoms with Crippen molar-refractivity contribution in [2.75, 3.05) is 5.32 Å². The molecule has 9 heteroatoms. The predicted molar refractivity (Wildman–Crippen MR) is 83.8 cm³/mol. The van der Waals surface area contributed by atoms with E-state index in [-0.39, 0.29) is 22.1 Å². The van der Waals surface area contributed by atoms with Crippen LogP contribution in [0, 0.1) is 0 Å². The normalized spacial score (nSPS) is 10.2. The highest BCUT2D eigenvalue weighted by molar-refractivity contribution is 9.11. The highest BCUT2D eigenvalue weighted by Gasteiger charge is 2.18. The molecule has 2 rings (SSSR count). The van der Waals surface area contributed by atoms with Crippen LogP contribution in [0.25, 0.3) is 0 Å². The Labute approximate surface area is 140 Å². The summed E-state index contributed by atoms with van der Waals surface area (Å²) in [6.07, 6.45) is 2.52. The number of carbonyl (C=O) groups is 2. The number of hydrogen-bond donors (Lipinski definition) is 2. The number of anilines is 1. The van der Waals surface area contributed by atoms with Crippen LogP contribution in [0.15, 0.2) is 33.5 Å². The van der Waals surface area contributed by atoms with Crippen molar-refractivity contribution in [3.8, 4) is 0 Å². The van der Waals surface area contributed by atoms with E-state index in [1.54, 1.807) is 6.07 Å². The van der Waals surface area contributed by atoms with Gasteiger partial charge in [-0.2, -0.15) is 0 Å². The minimum Gasteiger partial charge on any atom is -0.478 e. The first-order valence-corrected chi connectivity index (χ1v) is 7.36. The minimum atomic E-state index is -1.18. The molecule has 0 aliphatic carbocycles. The van der Waals surface area contributed by atoms with Crippen molar-refractivity contribution in [1.29, 1.82) is 0 Å². The Morgan fingerprint density at radius 1 is 1.24 bits per heavy atom. The first-order chi connectivity index (χ1) is 9.88. The van der Waals surface area contributed by atoms with Crippen LogP contribution in [0.4, 0.5) is 5.69 Å². The number of hydrogen-bond acceptors (Lipinski definition) is 4. The summed E-state index contributed by atoms with van der Waals surface area (Å²) in [5.41, 5.74) is 0.0331. The number of carboxylic acids is 1. The minimum absolute atomic E-state index is 0.0198. The van der Waals surface area contributed by atoms with Gasteiger partial charge in [-0.1, -0.05) is 27.5 Å². The molecule has 0 spiro atoms. The number of rotatable bonds is 3. The van der Waals surface area contributed by atoms with Gasteiger partial charge in [-0.25, -0.2) is 9.78 Å². The number of nitrogens with zero attached hydrogens (tertiary/aromatic N) is 2. The second-order valence-electron chi connectivity index (χ2n) is 3.80. The standard InChI is InChI=1S/C12H6Br2ClN3O3/c13-5-1-6(12(20)21)10(7(14)2-5)18-11(19)8-3-16-4-9(15)17-8/h1-4H,(H,18,19)(H,20,21). The van der Waals surface area contributed by atoms with E-state index in [0.29, 0.717) is 8.95 Å². The molecular formula is C12H6Br2ClN3O3. The average Bonchev–Trinajstić information content (AvgIpc) is 2.41. The summed E-state index contributed by atoms with van der Waals surface area (Å²) < 4.78 is 0.977. The molecular weight excluding hydrogens is 429 g/mol. The van der Waals surface area contributed by atoms with Crippen LogP contribution in [-0.2, 0) is 0 Å². The molecule has 108 valence electrons. The van der Waals surface area contributed by atoms with Crippen LogP contribution in [0.1, 0.15) is 20.8 Å². The number of halogens is 3. The number of amides is 1. The van der Waals surface area contributed by atoms with Crippen molar-refractivity contribution in [3.63, 3.8) is 0 Å². The Hall–Kier alpha value is -1.51. The fourth-order valence-electron chi connectivity index (χ4n) is 1.50. The van der Waals surface area contributed by atoms with Crippen molar-refractivity contribution in [2.24, 2.45) is 0 Å². The zero-order valence-electron chi connectivity index (χ0n) is 10.1. The van der Waals surface area contributed by atoms with Crippen LogP contribution >= 0.6 is 43.5 Å². The second-order valence-corrected chi connectivity index (χ2v) is 5.95. The highest BCUT2D eigenvalue weighted by Crippen LogP contribution is 2.31. The molecule has 0 aliphatic heterocycles. The molecule has 0 fully saturated rings. The largest absolute Gasteiger partial charge is 0.478 e. The third-order valence-electron chi connectivity index (χ3n) is 2.36. The Balaban J connectivity index is 2.39. The Morgan fingerprint density at radius 3 is 2.57 bits per heavy atom. The van der Waals surface area contributed by atoms with Crippen LogP contribution in [0.2, 0.25) is 5.15 Å². The first kappa shape index (κ1) is 15.9. The molecule has 2 N–H and O–H groups in total. The van der Waals surface area contributed by atoms with E-state index in [4.69, 9.17) is 11.6 Å². The van der Waals surface area contributed by atoms with Gasteiger partial charge in [0.05, 0.1) is 23.6 Å². The maximum atomic E-state index is 12.1. The van der Waals surface area contributed by atoms with Gasteiger partial charge >= 0.3 is 5.97 Å². The summed E-state index contributed by atoms with van der Waals surface area (Å²) in [6.45, 7) is 0. The van der Waals surface area contributed by atoms with Gasteiger partial charge in [0.25, 0.3) is 5.91 Å². The fraction of sp³-hybridized carbons (Fsp3) is 0. The molecule has 1 aromatic carbocycles. The van der Waals surface area contributed by atoms with Gasteiger partial charge in [0, 0.05) is 8.95 Å². The maximum absolute atomic E-state index is 12.1. The summed E-state index contributed by atoms with van der Waals surface area (Å²) in [6, 6.07) is 3.00. The maximum Gasteiger partial charge on any atom is 0.337 e. The molecule has 2 aromatic rings. The van der Waals surface area contributed by atoms with Crippen molar-refractivity contribution in [2.45, 2.75) is 0 Å². The van der Waals surface area contributed by atoms with E-state index < -0.39 is 11.9 Å². The third-order valence-corrected chi connectivity index (χ3v) is 3.63. The van der Waals surface area contributed by atoms with Crippen molar-refractivity contribution < 1.29 is 14.7 Å². The number of benzene rings is 1. The molecule has 0 saturated carbocycles. The molecule has 21 heavy (non-hydrogen) atoms. The third kappa shape index (κ3) is 3.78. The molecule has 0 bridgehead atoms. The van der Waals surface area contributed by atoms with E-state index in [2.05, 4.69) is 47.1 Å². The zero-order chi connectivity index (χ0) is 15.6. The lowest BCUT2D eigenvalue weighted by Gasteiger charge is -2.11. The van der Waals surface area contributed by atoms with E-state index in [1.165, 1.54) is 18.5 Å². The van der Waals surface area contributed by atoms with E-state index >= 15 is 0 Å². The highest BCUT2D eigenvalue weighted by atomic mass is 79.9. The molecule has 0 aliphatic rings. The molecule has 1 heterocycles. The van der Waals surface area contributed by atoms with Gasteiger partial charge in [-0.3, -0.25) is 9.78 Å². The van der Waals surface area contributed by atoms with Gasteiger partial charge in [0.1, 0.15) is 10.8 Å². The lowest BCUT2D eigenvalue weighted by atomic mass is 10.1. The number of carboxylic acid groups (broad SMARTS) is 1. The first-order valence-electron chi connectivity index (χ1n) is 5.39. The van der Waals surface area contributed by atoms with Gasteiger partial charge in [-0.15, -0.1) is 0 Å². The topological polar surface area (TPSA) is 92.2 Å². The van der Waals surface area contributed by atoms with Crippen LogP contribution in [0.5, 0.6) is 0 Å². The van der Waals surface area contributed by atoms with Crippen molar-refractivity contribution in [3.05, 3.63) is 49.9 Å². The second kappa shape index (κ2) is 6.50. The number of nitrogens with one attached hydrogen (secondary N) is 1. The van der Waals surface area contributed by atoms with E-state index in [9.17, 15) is 14.7 Å². The van der Waals surface area contributed by atoms with Gasteiger partial charge in [0.2, 0.25) is 0 Å². The Kier molecular flexibility index (Phi) is 4.92. The summed E-state index contributed by atoms with van der Waals surface area (Å²) in [4.78, 5) is 30.9. The molecule has 0 radical (unpaired) electrons. The SMILES string of the molecule is O=C(Nc1c(Br)cc(Br)cc1C(=O)O)c1cncc(Cl)n1. The van der Waals surface area contributed by atoms with Crippen molar-refractivity contribution >= 4 is 61.0 Å². The monoisotopic (exact) mass is 433 g/mol. The van der Waals surface area contributed by atoms with Gasteiger partial charge in [-0.05, 0) is 28.1 Å². The van der Waals surface area contributed by atoms with Gasteiger partial charge < -0.3 is 10.4 Å². The molecule has 1 aromatic heterocycles. The summed E-state index contributed by atoms with van der Waals surface area (Å²) >= 11 is 12.1.